The van der Waals surface area contributed by atoms with Crippen LogP contribution in [0.4, 0.5) is 0 Å². The summed E-state index contributed by atoms with van der Waals surface area (Å²) >= 11 is 3.43. The number of hydrogen-bond donors (Lipinski definition) is 1. The van der Waals surface area contributed by atoms with Crippen LogP contribution in [0.15, 0.2) is 29.2 Å². The predicted molar refractivity (Wildman–Crippen MR) is 74.0 cm³/mol. The molecular formula is C12H18BrNO2S. The van der Waals surface area contributed by atoms with Crippen molar-refractivity contribution in [3.8, 4) is 0 Å². The van der Waals surface area contributed by atoms with E-state index in [-0.39, 0.29) is 0 Å². The van der Waals surface area contributed by atoms with Crippen molar-refractivity contribution in [1.82, 2.24) is 4.72 Å². The van der Waals surface area contributed by atoms with Crippen molar-refractivity contribution in [1.29, 1.82) is 0 Å². The molecule has 0 amide bonds. The summed E-state index contributed by atoms with van der Waals surface area (Å²) in [5, 5.41) is 0. The summed E-state index contributed by atoms with van der Waals surface area (Å²) in [5.74, 6) is 0. The average molecular weight is 320 g/mol. The normalized spacial score (nSPS) is 13.6. The molecule has 17 heavy (non-hydrogen) atoms. The van der Waals surface area contributed by atoms with E-state index < -0.39 is 10.0 Å². The van der Waals surface area contributed by atoms with Gasteiger partial charge >= 0.3 is 0 Å². The van der Waals surface area contributed by atoms with Crippen LogP contribution in [0, 0.1) is 6.92 Å². The molecule has 1 rings (SSSR count). The van der Waals surface area contributed by atoms with Gasteiger partial charge in [0.1, 0.15) is 0 Å². The molecule has 0 saturated heterocycles. The van der Waals surface area contributed by atoms with E-state index in [1.807, 2.05) is 6.92 Å². The van der Waals surface area contributed by atoms with Gasteiger partial charge in [-0.25, -0.2) is 13.1 Å². The minimum Gasteiger partial charge on any atom is -0.211 e. The highest BCUT2D eigenvalue weighted by molar-refractivity contribution is 9.09. The van der Waals surface area contributed by atoms with E-state index >= 15 is 0 Å². The van der Waals surface area contributed by atoms with Crippen molar-refractivity contribution in [2.45, 2.75) is 36.4 Å². The molecule has 0 spiro atoms. The van der Waals surface area contributed by atoms with Gasteiger partial charge in [0.05, 0.1) is 4.90 Å². The number of halogens is 1. The van der Waals surface area contributed by atoms with Crippen LogP contribution in [0.5, 0.6) is 0 Å². The SMILES string of the molecule is Cc1ccc(S(=O)(=O)NCCCC(C)Br)cc1. The summed E-state index contributed by atoms with van der Waals surface area (Å²) in [5.41, 5.74) is 1.05. The van der Waals surface area contributed by atoms with Gasteiger partial charge in [0.2, 0.25) is 10.0 Å². The minimum absolute atomic E-state index is 0.329. The van der Waals surface area contributed by atoms with Crippen molar-refractivity contribution in [3.05, 3.63) is 29.8 Å². The molecule has 0 heterocycles. The third-order valence-electron chi connectivity index (χ3n) is 2.40. The zero-order valence-corrected chi connectivity index (χ0v) is 12.5. The standard InChI is InChI=1S/C12H18BrNO2S/c1-10-5-7-12(8-6-10)17(15,16)14-9-3-4-11(2)13/h5-8,11,14H,3-4,9H2,1-2H3. The second-order valence-electron chi connectivity index (χ2n) is 4.13. The number of nitrogens with one attached hydrogen (secondary N) is 1. The maximum absolute atomic E-state index is 11.9. The van der Waals surface area contributed by atoms with Gasteiger partial charge in [0.25, 0.3) is 0 Å². The van der Waals surface area contributed by atoms with Crippen LogP contribution in [0.1, 0.15) is 25.3 Å². The molecule has 0 bridgehead atoms. The smallest absolute Gasteiger partial charge is 0.211 e. The summed E-state index contributed by atoms with van der Waals surface area (Å²) in [7, 11) is -3.34. The fraction of sp³-hybridized carbons (Fsp3) is 0.500. The van der Waals surface area contributed by atoms with Gasteiger partial charge in [-0.3, -0.25) is 0 Å². The van der Waals surface area contributed by atoms with Crippen LogP contribution in [-0.4, -0.2) is 19.8 Å². The number of sulfonamides is 1. The monoisotopic (exact) mass is 319 g/mol. The summed E-state index contributed by atoms with van der Waals surface area (Å²) in [6.07, 6.45) is 1.79. The largest absolute Gasteiger partial charge is 0.240 e. The molecule has 1 atom stereocenters. The van der Waals surface area contributed by atoms with E-state index in [1.54, 1.807) is 24.3 Å². The molecule has 1 unspecified atom stereocenters. The Balaban J connectivity index is 2.54. The molecule has 1 aromatic carbocycles. The van der Waals surface area contributed by atoms with Gasteiger partial charge in [-0.15, -0.1) is 0 Å². The molecule has 1 N–H and O–H groups in total. The van der Waals surface area contributed by atoms with E-state index in [4.69, 9.17) is 0 Å². The topological polar surface area (TPSA) is 46.2 Å². The number of benzene rings is 1. The van der Waals surface area contributed by atoms with Crippen molar-refractivity contribution < 1.29 is 8.42 Å². The van der Waals surface area contributed by atoms with E-state index in [1.165, 1.54) is 0 Å². The molecule has 3 nitrogen and oxygen atoms in total. The molecule has 0 fully saturated rings. The van der Waals surface area contributed by atoms with Crippen molar-refractivity contribution >= 4 is 26.0 Å². The second-order valence-corrected chi connectivity index (χ2v) is 7.46. The molecule has 0 aliphatic carbocycles. The first kappa shape index (κ1) is 14.7. The highest BCUT2D eigenvalue weighted by Crippen LogP contribution is 2.10. The van der Waals surface area contributed by atoms with Gasteiger partial charge in [-0.05, 0) is 31.9 Å². The lowest BCUT2D eigenvalue weighted by atomic mass is 10.2. The first-order valence-corrected chi connectivity index (χ1v) is 8.02. The lowest BCUT2D eigenvalue weighted by molar-refractivity contribution is 0.577. The van der Waals surface area contributed by atoms with E-state index in [9.17, 15) is 8.42 Å². The molecule has 0 aliphatic heterocycles. The van der Waals surface area contributed by atoms with Crippen molar-refractivity contribution in [2.24, 2.45) is 0 Å². The average Bonchev–Trinajstić information content (AvgIpc) is 2.25. The summed E-state index contributed by atoms with van der Waals surface area (Å²) in [4.78, 5) is 0.751. The number of rotatable bonds is 6. The molecule has 5 heteroatoms. The minimum atomic E-state index is -3.34. The lowest BCUT2D eigenvalue weighted by Crippen LogP contribution is -2.25. The Morgan fingerprint density at radius 2 is 1.88 bits per heavy atom. The Morgan fingerprint density at radius 1 is 1.29 bits per heavy atom. The molecule has 0 aromatic heterocycles. The molecule has 0 radical (unpaired) electrons. The third-order valence-corrected chi connectivity index (χ3v) is 4.34. The first-order chi connectivity index (χ1) is 7.92. The highest BCUT2D eigenvalue weighted by Gasteiger charge is 2.12. The maximum Gasteiger partial charge on any atom is 0.240 e. The molecular weight excluding hydrogens is 302 g/mol. The first-order valence-electron chi connectivity index (χ1n) is 5.62. The predicted octanol–water partition coefficient (Wildman–Crippen LogP) is 2.84. The molecule has 1 aromatic rings. The zero-order valence-electron chi connectivity index (χ0n) is 10.1. The van der Waals surface area contributed by atoms with Gasteiger partial charge in [0, 0.05) is 11.4 Å². The van der Waals surface area contributed by atoms with E-state index in [0.717, 1.165) is 18.4 Å². The number of alkyl halides is 1. The Bertz CT molecular complexity index is 440. The van der Waals surface area contributed by atoms with Gasteiger partial charge < -0.3 is 0 Å². The number of hydrogen-bond acceptors (Lipinski definition) is 2. The van der Waals surface area contributed by atoms with Crippen LogP contribution in [0.2, 0.25) is 0 Å². The Morgan fingerprint density at radius 3 is 2.41 bits per heavy atom. The van der Waals surface area contributed by atoms with Crippen LogP contribution in [-0.2, 0) is 10.0 Å². The van der Waals surface area contributed by atoms with Crippen molar-refractivity contribution in [3.63, 3.8) is 0 Å². The lowest BCUT2D eigenvalue weighted by Gasteiger charge is -2.07. The van der Waals surface area contributed by atoms with Crippen molar-refractivity contribution in [2.75, 3.05) is 6.54 Å². The third kappa shape index (κ3) is 5.19. The van der Waals surface area contributed by atoms with Gasteiger partial charge in [-0.2, -0.15) is 0 Å². The van der Waals surface area contributed by atoms with Crippen LogP contribution in [0.25, 0.3) is 0 Å². The van der Waals surface area contributed by atoms with Crippen LogP contribution < -0.4 is 4.72 Å². The second kappa shape index (κ2) is 6.52. The Hall–Kier alpha value is -0.390. The van der Waals surface area contributed by atoms with Crippen LogP contribution >= 0.6 is 15.9 Å². The fourth-order valence-corrected chi connectivity index (χ4v) is 2.79. The summed E-state index contributed by atoms with van der Waals surface area (Å²) in [6.45, 7) is 4.46. The van der Waals surface area contributed by atoms with Crippen LogP contribution in [0.3, 0.4) is 0 Å². The summed E-state index contributed by atoms with van der Waals surface area (Å²) in [6, 6.07) is 6.86. The fourth-order valence-electron chi connectivity index (χ4n) is 1.39. The Kier molecular flexibility index (Phi) is 5.62. The molecule has 96 valence electrons. The Labute approximate surface area is 112 Å². The zero-order chi connectivity index (χ0) is 12.9. The van der Waals surface area contributed by atoms with E-state index in [0.29, 0.717) is 16.3 Å². The van der Waals surface area contributed by atoms with Gasteiger partial charge in [-0.1, -0.05) is 40.5 Å². The maximum atomic E-state index is 11.9. The molecule has 0 aliphatic rings. The highest BCUT2D eigenvalue weighted by atomic mass is 79.9. The number of aryl methyl sites for hydroxylation is 1. The summed E-state index contributed by atoms with van der Waals surface area (Å²) < 4.78 is 26.3. The van der Waals surface area contributed by atoms with E-state index in [2.05, 4.69) is 27.6 Å². The molecule has 0 saturated carbocycles. The quantitative estimate of drug-likeness (QED) is 0.647. The van der Waals surface area contributed by atoms with Gasteiger partial charge in [0.15, 0.2) is 0 Å².